The minimum absolute atomic E-state index is 0.273. The number of aromatic nitrogens is 1. The third kappa shape index (κ3) is 2.01. The van der Waals surface area contributed by atoms with E-state index in [1.54, 1.807) is 19.4 Å². The lowest BCUT2D eigenvalue weighted by molar-refractivity contribution is 0.0698. The summed E-state index contributed by atoms with van der Waals surface area (Å²) in [6.07, 6.45) is 1.62. The zero-order chi connectivity index (χ0) is 12.4. The smallest absolute Gasteiger partial charge is 0.337 e. The SMILES string of the molecule is COc1ccc(-c2[nH]ccc2C(=O)O)cc1C. The Morgan fingerprint density at radius 1 is 1.35 bits per heavy atom. The van der Waals surface area contributed by atoms with Gasteiger partial charge in [0, 0.05) is 6.20 Å². The average Bonchev–Trinajstić information content (AvgIpc) is 2.77. The van der Waals surface area contributed by atoms with Crippen LogP contribution in [0.25, 0.3) is 11.3 Å². The van der Waals surface area contributed by atoms with E-state index in [2.05, 4.69) is 4.98 Å². The molecule has 0 saturated heterocycles. The Hall–Kier alpha value is -2.23. The molecular weight excluding hydrogens is 218 g/mol. The van der Waals surface area contributed by atoms with E-state index in [-0.39, 0.29) is 5.56 Å². The minimum Gasteiger partial charge on any atom is -0.496 e. The van der Waals surface area contributed by atoms with Crippen LogP contribution < -0.4 is 4.74 Å². The van der Waals surface area contributed by atoms with E-state index in [9.17, 15) is 4.79 Å². The zero-order valence-corrected chi connectivity index (χ0v) is 9.65. The van der Waals surface area contributed by atoms with Crippen molar-refractivity contribution < 1.29 is 14.6 Å². The molecule has 0 fully saturated rings. The molecule has 0 bridgehead atoms. The highest BCUT2D eigenvalue weighted by molar-refractivity contribution is 5.95. The van der Waals surface area contributed by atoms with Crippen LogP contribution in [0, 0.1) is 6.92 Å². The highest BCUT2D eigenvalue weighted by Gasteiger charge is 2.13. The third-order valence-electron chi connectivity index (χ3n) is 2.66. The summed E-state index contributed by atoms with van der Waals surface area (Å²) in [5.74, 6) is -0.146. The predicted molar refractivity (Wildman–Crippen MR) is 64.5 cm³/mol. The first-order chi connectivity index (χ1) is 8.13. The van der Waals surface area contributed by atoms with Crippen LogP contribution in [-0.4, -0.2) is 23.2 Å². The van der Waals surface area contributed by atoms with Crippen LogP contribution in [0.1, 0.15) is 15.9 Å². The maximum absolute atomic E-state index is 11.0. The Labute approximate surface area is 98.9 Å². The van der Waals surface area contributed by atoms with Gasteiger partial charge in [-0.15, -0.1) is 0 Å². The second kappa shape index (κ2) is 4.33. The molecule has 0 atom stereocenters. The monoisotopic (exact) mass is 231 g/mol. The van der Waals surface area contributed by atoms with Crippen molar-refractivity contribution in [3.8, 4) is 17.0 Å². The fourth-order valence-electron chi connectivity index (χ4n) is 1.82. The van der Waals surface area contributed by atoms with Crippen LogP contribution >= 0.6 is 0 Å². The molecule has 1 aromatic carbocycles. The molecule has 4 heteroatoms. The largest absolute Gasteiger partial charge is 0.496 e. The van der Waals surface area contributed by atoms with Crippen LogP contribution in [0.15, 0.2) is 30.5 Å². The number of ether oxygens (including phenoxy) is 1. The van der Waals surface area contributed by atoms with E-state index in [1.165, 1.54) is 0 Å². The van der Waals surface area contributed by atoms with E-state index in [0.717, 1.165) is 16.9 Å². The maximum Gasteiger partial charge on any atom is 0.337 e. The summed E-state index contributed by atoms with van der Waals surface area (Å²) in [6, 6.07) is 7.12. The summed E-state index contributed by atoms with van der Waals surface area (Å²) in [6.45, 7) is 1.92. The summed E-state index contributed by atoms with van der Waals surface area (Å²) in [7, 11) is 1.61. The molecule has 88 valence electrons. The second-order valence-electron chi connectivity index (χ2n) is 3.76. The standard InChI is InChI=1S/C13H13NO3/c1-8-7-9(3-4-11(8)17-2)12-10(13(15)16)5-6-14-12/h3-7,14H,1-2H3,(H,15,16). The van der Waals surface area contributed by atoms with Gasteiger partial charge >= 0.3 is 5.97 Å². The van der Waals surface area contributed by atoms with Gasteiger partial charge in [-0.1, -0.05) is 0 Å². The van der Waals surface area contributed by atoms with E-state index < -0.39 is 5.97 Å². The van der Waals surface area contributed by atoms with Crippen molar-refractivity contribution >= 4 is 5.97 Å². The minimum atomic E-state index is -0.935. The molecule has 1 aromatic heterocycles. The number of carboxylic acid groups (broad SMARTS) is 1. The highest BCUT2D eigenvalue weighted by Crippen LogP contribution is 2.27. The van der Waals surface area contributed by atoms with E-state index in [1.807, 2.05) is 25.1 Å². The fourth-order valence-corrected chi connectivity index (χ4v) is 1.82. The van der Waals surface area contributed by atoms with E-state index in [4.69, 9.17) is 9.84 Å². The van der Waals surface area contributed by atoms with Crippen molar-refractivity contribution in [2.24, 2.45) is 0 Å². The Bertz CT molecular complexity index is 558. The summed E-state index contributed by atoms with van der Waals surface area (Å²) in [5, 5.41) is 9.04. The van der Waals surface area contributed by atoms with Gasteiger partial charge in [-0.2, -0.15) is 0 Å². The Morgan fingerprint density at radius 2 is 2.12 bits per heavy atom. The topological polar surface area (TPSA) is 62.3 Å². The van der Waals surface area contributed by atoms with E-state index >= 15 is 0 Å². The molecule has 0 spiro atoms. The van der Waals surface area contributed by atoms with Gasteiger partial charge in [-0.3, -0.25) is 0 Å². The molecule has 0 saturated carbocycles. The van der Waals surface area contributed by atoms with Crippen molar-refractivity contribution in [3.05, 3.63) is 41.6 Å². The number of aromatic amines is 1. The number of rotatable bonds is 3. The molecule has 0 amide bonds. The van der Waals surface area contributed by atoms with Gasteiger partial charge in [0.05, 0.1) is 18.4 Å². The lowest BCUT2D eigenvalue weighted by atomic mass is 10.1. The molecular formula is C13H13NO3. The average molecular weight is 231 g/mol. The number of carbonyl (C=O) groups is 1. The number of hydrogen-bond donors (Lipinski definition) is 2. The maximum atomic E-state index is 11.0. The molecule has 0 aliphatic heterocycles. The van der Waals surface area contributed by atoms with Crippen molar-refractivity contribution in [1.29, 1.82) is 0 Å². The van der Waals surface area contributed by atoms with Gasteiger partial charge in [0.2, 0.25) is 0 Å². The van der Waals surface area contributed by atoms with Crippen LogP contribution in [0.2, 0.25) is 0 Å². The second-order valence-corrected chi connectivity index (χ2v) is 3.76. The lowest BCUT2D eigenvalue weighted by Gasteiger charge is -2.07. The lowest BCUT2D eigenvalue weighted by Crippen LogP contribution is -1.97. The number of benzene rings is 1. The Kier molecular flexibility index (Phi) is 2.87. The van der Waals surface area contributed by atoms with Crippen molar-refractivity contribution in [2.75, 3.05) is 7.11 Å². The first-order valence-corrected chi connectivity index (χ1v) is 5.19. The quantitative estimate of drug-likeness (QED) is 0.853. The first kappa shape index (κ1) is 11.3. The molecule has 0 aliphatic carbocycles. The molecule has 2 N–H and O–H groups in total. The Balaban J connectivity index is 2.50. The Morgan fingerprint density at radius 3 is 2.71 bits per heavy atom. The molecule has 0 radical (unpaired) electrons. The normalized spacial score (nSPS) is 10.2. The van der Waals surface area contributed by atoms with Gasteiger partial charge in [0.15, 0.2) is 0 Å². The molecule has 0 aliphatic rings. The summed E-state index contributed by atoms with van der Waals surface area (Å²) in [5.41, 5.74) is 2.69. The fraction of sp³-hybridized carbons (Fsp3) is 0.154. The molecule has 0 unspecified atom stereocenters. The van der Waals surface area contributed by atoms with E-state index in [0.29, 0.717) is 5.69 Å². The molecule has 17 heavy (non-hydrogen) atoms. The number of hydrogen-bond acceptors (Lipinski definition) is 2. The summed E-state index contributed by atoms with van der Waals surface area (Å²) >= 11 is 0. The number of methoxy groups -OCH3 is 1. The third-order valence-corrected chi connectivity index (χ3v) is 2.66. The number of aryl methyl sites for hydroxylation is 1. The van der Waals surface area contributed by atoms with Gasteiger partial charge in [-0.25, -0.2) is 4.79 Å². The van der Waals surface area contributed by atoms with Gasteiger partial charge < -0.3 is 14.8 Å². The summed E-state index contributed by atoms with van der Waals surface area (Å²) < 4.78 is 5.17. The molecule has 2 rings (SSSR count). The molecule has 2 aromatic rings. The first-order valence-electron chi connectivity index (χ1n) is 5.19. The van der Waals surface area contributed by atoms with Crippen LogP contribution in [0.3, 0.4) is 0 Å². The molecule has 1 heterocycles. The van der Waals surface area contributed by atoms with Crippen molar-refractivity contribution in [2.45, 2.75) is 6.92 Å². The number of nitrogens with one attached hydrogen (secondary N) is 1. The summed E-state index contributed by atoms with van der Waals surface area (Å²) in [4.78, 5) is 14.0. The van der Waals surface area contributed by atoms with Crippen molar-refractivity contribution in [3.63, 3.8) is 0 Å². The van der Waals surface area contributed by atoms with Gasteiger partial charge in [0.1, 0.15) is 5.75 Å². The van der Waals surface area contributed by atoms with Crippen LogP contribution in [0.5, 0.6) is 5.75 Å². The highest BCUT2D eigenvalue weighted by atomic mass is 16.5. The van der Waals surface area contributed by atoms with Crippen molar-refractivity contribution in [1.82, 2.24) is 4.98 Å². The van der Waals surface area contributed by atoms with Gasteiger partial charge in [-0.05, 0) is 42.3 Å². The number of carboxylic acids is 1. The predicted octanol–water partition coefficient (Wildman–Crippen LogP) is 2.70. The van der Waals surface area contributed by atoms with Crippen LogP contribution in [0.4, 0.5) is 0 Å². The number of H-pyrrole nitrogens is 1. The molecule has 4 nitrogen and oxygen atoms in total. The zero-order valence-electron chi connectivity index (χ0n) is 9.65. The van der Waals surface area contributed by atoms with Crippen LogP contribution in [-0.2, 0) is 0 Å². The van der Waals surface area contributed by atoms with Gasteiger partial charge in [0.25, 0.3) is 0 Å². The number of aromatic carboxylic acids is 1.